The first kappa shape index (κ1) is 24.0. The Balaban J connectivity index is 1.41. The molecule has 0 atom stereocenters. The highest BCUT2D eigenvalue weighted by Gasteiger charge is 2.45. The van der Waals surface area contributed by atoms with Crippen LogP contribution in [0.25, 0.3) is 0 Å². The molecule has 3 aromatic rings. The Morgan fingerprint density at radius 1 is 1.09 bits per heavy atom. The van der Waals surface area contributed by atoms with E-state index in [4.69, 9.17) is 23.2 Å². The molecule has 35 heavy (non-hydrogen) atoms. The van der Waals surface area contributed by atoms with E-state index >= 15 is 0 Å². The van der Waals surface area contributed by atoms with Crippen molar-refractivity contribution >= 4 is 57.9 Å². The Kier molecular flexibility index (Phi) is 6.21. The fraction of sp³-hybridized carbons (Fsp3) is 0.269. The summed E-state index contributed by atoms with van der Waals surface area (Å²) >= 11 is 13.3. The Morgan fingerprint density at radius 2 is 1.86 bits per heavy atom. The second-order valence-corrected chi connectivity index (χ2v) is 11.5. The van der Waals surface area contributed by atoms with Crippen LogP contribution in [-0.2, 0) is 12.0 Å². The maximum atomic E-state index is 13.4. The molecule has 1 aliphatic carbocycles. The molecular formula is C26H23Cl2N3O3S. The lowest BCUT2D eigenvalue weighted by molar-refractivity contribution is 0.0642. The van der Waals surface area contributed by atoms with Crippen LogP contribution in [0.3, 0.4) is 0 Å². The van der Waals surface area contributed by atoms with Gasteiger partial charge in [-0.25, -0.2) is 0 Å². The van der Waals surface area contributed by atoms with E-state index in [2.05, 4.69) is 36.4 Å². The van der Waals surface area contributed by atoms with Gasteiger partial charge < -0.3 is 10.2 Å². The molecule has 0 bridgehead atoms. The molecular weight excluding hydrogens is 505 g/mol. The normalized spacial score (nSPS) is 16.1. The Morgan fingerprint density at radius 3 is 2.51 bits per heavy atom. The zero-order valence-electron chi connectivity index (χ0n) is 19.2. The highest BCUT2D eigenvalue weighted by atomic mass is 35.5. The second kappa shape index (κ2) is 9.06. The molecule has 3 amide bonds. The van der Waals surface area contributed by atoms with Gasteiger partial charge in [0.15, 0.2) is 0 Å². The van der Waals surface area contributed by atoms with Gasteiger partial charge in [0.25, 0.3) is 17.7 Å². The number of benzene rings is 2. The predicted octanol–water partition coefficient (Wildman–Crippen LogP) is 5.70. The van der Waals surface area contributed by atoms with Crippen molar-refractivity contribution in [3.8, 4) is 0 Å². The summed E-state index contributed by atoms with van der Waals surface area (Å²) in [4.78, 5) is 43.1. The number of likely N-dealkylation sites (N-methyl/N-ethyl adjacent to an activating group) is 1. The molecule has 9 heteroatoms. The smallest absolute Gasteiger partial charge is 0.265 e. The number of fused-ring (bicyclic) bond motifs is 1. The first-order valence-corrected chi connectivity index (χ1v) is 12.7. The van der Waals surface area contributed by atoms with Gasteiger partial charge in [0.1, 0.15) is 0 Å². The van der Waals surface area contributed by atoms with Gasteiger partial charge in [-0.3, -0.25) is 19.3 Å². The number of hydrogen-bond acceptors (Lipinski definition) is 5. The van der Waals surface area contributed by atoms with Crippen molar-refractivity contribution in [1.82, 2.24) is 9.80 Å². The topological polar surface area (TPSA) is 69.7 Å². The monoisotopic (exact) mass is 527 g/mol. The molecule has 1 saturated carbocycles. The summed E-state index contributed by atoms with van der Waals surface area (Å²) in [6, 6.07) is 14.3. The van der Waals surface area contributed by atoms with Crippen LogP contribution in [0, 0.1) is 0 Å². The zero-order valence-corrected chi connectivity index (χ0v) is 21.6. The number of thiophene rings is 1. The molecule has 180 valence electrons. The fourth-order valence-corrected chi connectivity index (χ4v) is 5.87. The number of nitrogens with zero attached hydrogens (tertiary/aromatic N) is 2. The minimum absolute atomic E-state index is 0.136. The van der Waals surface area contributed by atoms with E-state index in [9.17, 15) is 14.4 Å². The molecule has 0 spiro atoms. The highest BCUT2D eigenvalue weighted by Crippen LogP contribution is 2.48. The quantitative estimate of drug-likeness (QED) is 0.400. The van der Waals surface area contributed by atoms with Crippen molar-refractivity contribution in [2.45, 2.75) is 24.8 Å². The first-order chi connectivity index (χ1) is 16.7. The summed E-state index contributed by atoms with van der Waals surface area (Å²) < 4.78 is 0.477. The van der Waals surface area contributed by atoms with E-state index in [1.165, 1.54) is 22.6 Å². The fourth-order valence-electron chi connectivity index (χ4n) is 4.72. The average molecular weight is 528 g/mol. The van der Waals surface area contributed by atoms with Crippen LogP contribution >= 0.6 is 34.5 Å². The second-order valence-electron chi connectivity index (χ2n) is 9.35. The number of amides is 3. The van der Waals surface area contributed by atoms with Gasteiger partial charge in [0.2, 0.25) is 0 Å². The predicted molar refractivity (Wildman–Crippen MR) is 139 cm³/mol. The first-order valence-electron chi connectivity index (χ1n) is 11.2. The Hall–Kier alpha value is -2.71. The van der Waals surface area contributed by atoms with E-state index < -0.39 is 17.7 Å². The van der Waals surface area contributed by atoms with Gasteiger partial charge >= 0.3 is 0 Å². The van der Waals surface area contributed by atoms with E-state index in [1.807, 2.05) is 12.1 Å². The minimum atomic E-state index is -0.457. The van der Waals surface area contributed by atoms with Crippen LogP contribution < -0.4 is 5.32 Å². The van der Waals surface area contributed by atoms with E-state index in [0.717, 1.165) is 36.3 Å². The van der Waals surface area contributed by atoms with Crippen LogP contribution in [0.4, 0.5) is 5.69 Å². The van der Waals surface area contributed by atoms with Crippen LogP contribution in [-0.4, -0.2) is 48.2 Å². The molecule has 6 nitrogen and oxygen atoms in total. The summed E-state index contributed by atoms with van der Waals surface area (Å²) in [6.45, 7) is 1.10. The summed E-state index contributed by atoms with van der Waals surface area (Å²) in [5.41, 5.74) is 2.79. The molecule has 1 aliphatic heterocycles. The minimum Gasteiger partial charge on any atom is -0.320 e. The van der Waals surface area contributed by atoms with Crippen molar-refractivity contribution in [1.29, 1.82) is 0 Å². The van der Waals surface area contributed by atoms with Gasteiger partial charge in [-0.2, -0.15) is 0 Å². The summed E-state index contributed by atoms with van der Waals surface area (Å²) in [5, 5.41) is 2.98. The summed E-state index contributed by atoms with van der Waals surface area (Å²) in [5.74, 6) is -1.31. The zero-order chi connectivity index (χ0) is 24.9. The molecule has 1 fully saturated rings. The SMILES string of the molecule is CN(C)CC1(c2cccc(CN3C(=O)c4cc(Cl)cc(NC(=O)c5ccc(Cl)s5)c4C3=O)c2)CC1. The van der Waals surface area contributed by atoms with E-state index in [0.29, 0.717) is 9.21 Å². The van der Waals surface area contributed by atoms with E-state index in [-0.39, 0.29) is 33.8 Å². The lowest BCUT2D eigenvalue weighted by Gasteiger charge is -2.22. The van der Waals surface area contributed by atoms with Crippen molar-refractivity contribution in [2.24, 2.45) is 0 Å². The number of nitrogens with one attached hydrogen (secondary N) is 1. The molecule has 2 aromatic carbocycles. The lowest BCUT2D eigenvalue weighted by Crippen LogP contribution is -2.30. The number of carbonyl (C=O) groups excluding carboxylic acids is 3. The number of carbonyl (C=O) groups is 3. The number of halogens is 2. The Bertz CT molecular complexity index is 1360. The summed E-state index contributed by atoms with van der Waals surface area (Å²) in [6.07, 6.45) is 2.25. The molecule has 1 aromatic heterocycles. The van der Waals surface area contributed by atoms with E-state index in [1.54, 1.807) is 12.1 Å². The summed E-state index contributed by atoms with van der Waals surface area (Å²) in [7, 11) is 4.13. The molecule has 0 unspecified atom stereocenters. The van der Waals surface area contributed by atoms with Crippen molar-refractivity contribution < 1.29 is 14.4 Å². The van der Waals surface area contributed by atoms with Gasteiger partial charge in [-0.1, -0.05) is 47.5 Å². The van der Waals surface area contributed by atoms with Crippen molar-refractivity contribution in [3.05, 3.63) is 85.0 Å². The standard InChI is InChI=1S/C26H23Cl2N3O3S/c1-30(2)14-26(8-9-26)16-5-3-4-15(10-16)13-31-24(33)18-11-17(27)12-19(22(18)25(31)34)29-23(32)20-6-7-21(28)35-20/h3-7,10-12H,8-9,13-14H2,1-2H3,(H,29,32). The molecule has 0 saturated heterocycles. The van der Waals surface area contributed by atoms with Crippen LogP contribution in [0.5, 0.6) is 0 Å². The highest BCUT2D eigenvalue weighted by molar-refractivity contribution is 7.18. The number of imide groups is 1. The largest absolute Gasteiger partial charge is 0.320 e. The third-order valence-corrected chi connectivity index (χ3v) is 7.88. The van der Waals surface area contributed by atoms with Gasteiger partial charge in [-0.05, 0) is 62.3 Å². The van der Waals surface area contributed by atoms with Crippen molar-refractivity contribution in [2.75, 3.05) is 26.0 Å². The maximum Gasteiger partial charge on any atom is 0.265 e. The van der Waals surface area contributed by atoms with Crippen LogP contribution in [0.2, 0.25) is 9.36 Å². The third-order valence-electron chi connectivity index (χ3n) is 6.44. The average Bonchev–Trinajstić information content (AvgIpc) is 3.38. The maximum absolute atomic E-state index is 13.4. The number of hydrogen-bond donors (Lipinski definition) is 1. The molecule has 2 heterocycles. The van der Waals surface area contributed by atoms with Gasteiger partial charge in [0, 0.05) is 17.0 Å². The van der Waals surface area contributed by atoms with Crippen LogP contribution in [0.15, 0.2) is 48.5 Å². The number of rotatable bonds is 7. The third kappa shape index (κ3) is 4.61. The Labute approximate surface area is 217 Å². The molecule has 0 radical (unpaired) electrons. The van der Waals surface area contributed by atoms with Gasteiger partial charge in [-0.15, -0.1) is 11.3 Å². The molecule has 1 N–H and O–H groups in total. The van der Waals surface area contributed by atoms with Crippen molar-refractivity contribution in [3.63, 3.8) is 0 Å². The van der Waals surface area contributed by atoms with Gasteiger partial charge in [0.05, 0.1) is 32.6 Å². The van der Waals surface area contributed by atoms with Crippen LogP contribution in [0.1, 0.15) is 54.4 Å². The molecule has 5 rings (SSSR count). The lowest BCUT2D eigenvalue weighted by atomic mass is 9.94. The molecule has 2 aliphatic rings. The number of anilines is 1.